The molecular weight excluding hydrogens is 278 g/mol. The second-order valence-electron chi connectivity index (χ2n) is 2.89. The van der Waals surface area contributed by atoms with Gasteiger partial charge in [0.1, 0.15) is 17.3 Å². The number of carbonyl (C=O) groups excluding carboxylic acids is 1. The monoisotopic (exact) mass is 283 g/mol. The van der Waals surface area contributed by atoms with Crippen molar-refractivity contribution in [1.29, 1.82) is 5.26 Å². The zero-order valence-corrected chi connectivity index (χ0v) is 9.52. The van der Waals surface area contributed by atoms with E-state index < -0.39 is 10.6 Å². The lowest BCUT2D eigenvalue weighted by atomic mass is 10.1. The van der Waals surface area contributed by atoms with Gasteiger partial charge in [0.05, 0.1) is 10.3 Å². The Kier molecular flexibility index (Phi) is 3.58. The topological polar surface area (TPSA) is 110 Å². The molecule has 0 bridgehead atoms. The van der Waals surface area contributed by atoms with Gasteiger partial charge in [-0.05, 0) is 12.1 Å². The Morgan fingerprint density at radius 3 is 2.69 bits per heavy atom. The van der Waals surface area contributed by atoms with Crippen molar-refractivity contribution in [3.8, 4) is 6.07 Å². The molecule has 1 aromatic carbocycles. The molecule has 0 atom stereocenters. The Labute approximate surface area is 98.9 Å². The zero-order valence-electron chi connectivity index (χ0n) is 7.94. The third-order valence-electron chi connectivity index (χ3n) is 1.89. The molecule has 6 nitrogen and oxygen atoms in total. The number of nitrogens with two attached hydrogens (primary N) is 1. The van der Waals surface area contributed by atoms with Gasteiger partial charge in [-0.15, -0.1) is 0 Å². The molecule has 7 heteroatoms. The predicted molar refractivity (Wildman–Crippen MR) is 60.3 cm³/mol. The molecule has 0 aliphatic heterocycles. The number of nitrogen functional groups attached to an aromatic ring is 1. The number of nitro groups is 1. The lowest BCUT2D eigenvalue weighted by Gasteiger charge is -2.02. The van der Waals surface area contributed by atoms with E-state index in [0.29, 0.717) is 0 Å². The molecule has 0 amide bonds. The van der Waals surface area contributed by atoms with Gasteiger partial charge < -0.3 is 5.73 Å². The molecule has 82 valence electrons. The number of nitrogens with zero attached hydrogens (tertiary/aromatic N) is 2. The van der Waals surface area contributed by atoms with Crippen LogP contribution in [-0.4, -0.2) is 16.0 Å². The molecule has 1 aromatic rings. The smallest absolute Gasteiger partial charge is 0.309 e. The maximum absolute atomic E-state index is 11.3. The summed E-state index contributed by atoms with van der Waals surface area (Å²) >= 11 is 2.96. The molecule has 0 aliphatic carbocycles. The molecule has 2 N–H and O–H groups in total. The molecule has 0 spiro atoms. The van der Waals surface area contributed by atoms with Crippen molar-refractivity contribution < 1.29 is 9.72 Å². The van der Waals surface area contributed by atoms with Crippen LogP contribution in [0.5, 0.6) is 0 Å². The fraction of sp³-hybridized carbons (Fsp3) is 0.111. The summed E-state index contributed by atoms with van der Waals surface area (Å²) in [5, 5.41) is 19.4. The van der Waals surface area contributed by atoms with E-state index in [0.717, 1.165) is 6.07 Å². The van der Waals surface area contributed by atoms with E-state index in [4.69, 9.17) is 11.0 Å². The lowest BCUT2D eigenvalue weighted by molar-refractivity contribution is -0.384. The average Bonchev–Trinajstić information content (AvgIpc) is 2.26. The number of carbonyl (C=O) groups is 1. The highest BCUT2D eigenvalue weighted by Gasteiger charge is 2.21. The van der Waals surface area contributed by atoms with E-state index in [9.17, 15) is 14.9 Å². The summed E-state index contributed by atoms with van der Waals surface area (Å²) in [6.45, 7) is 0. The summed E-state index contributed by atoms with van der Waals surface area (Å²) in [6, 6.07) is 4.01. The molecular formula is C9H6BrN3O3. The predicted octanol–water partition coefficient (Wildman–Crippen LogP) is 1.63. The van der Waals surface area contributed by atoms with E-state index in [1.165, 1.54) is 6.07 Å². The fourth-order valence-electron chi connectivity index (χ4n) is 1.18. The molecule has 0 aromatic heterocycles. The van der Waals surface area contributed by atoms with Gasteiger partial charge in [0, 0.05) is 5.56 Å². The van der Waals surface area contributed by atoms with Crippen LogP contribution in [-0.2, 0) is 0 Å². The highest BCUT2D eigenvalue weighted by molar-refractivity contribution is 9.09. The Morgan fingerprint density at radius 1 is 1.62 bits per heavy atom. The number of halogens is 1. The van der Waals surface area contributed by atoms with Gasteiger partial charge in [-0.25, -0.2) is 0 Å². The summed E-state index contributed by atoms with van der Waals surface area (Å²) in [4.78, 5) is 21.2. The van der Waals surface area contributed by atoms with Crippen molar-refractivity contribution >= 4 is 33.1 Å². The molecule has 0 heterocycles. The fourth-order valence-corrected chi connectivity index (χ4v) is 1.51. The Balaban J connectivity index is 3.45. The van der Waals surface area contributed by atoms with E-state index in [2.05, 4.69) is 15.9 Å². The molecule has 0 aliphatic rings. The summed E-state index contributed by atoms with van der Waals surface area (Å²) in [5.41, 5.74) is 4.74. The third-order valence-corrected chi connectivity index (χ3v) is 2.40. The summed E-state index contributed by atoms with van der Waals surface area (Å²) in [7, 11) is 0. The minimum absolute atomic E-state index is 0.0646. The Hall–Kier alpha value is -1.94. The van der Waals surface area contributed by atoms with Crippen molar-refractivity contribution in [2.45, 2.75) is 0 Å². The maximum atomic E-state index is 11.3. The van der Waals surface area contributed by atoms with E-state index in [-0.39, 0.29) is 27.9 Å². The standard InChI is InChI=1S/C9H6BrN3O3/c10-3-8(14)5-1-6(4-11)9(13(15)16)7(12)2-5/h1-2H,3,12H2. The van der Waals surface area contributed by atoms with Crippen LogP contribution in [0.1, 0.15) is 15.9 Å². The highest BCUT2D eigenvalue weighted by Crippen LogP contribution is 2.27. The number of hydrogen-bond donors (Lipinski definition) is 1. The number of Topliss-reactive ketones (excluding diaryl/α,β-unsaturated/α-hetero) is 1. The van der Waals surface area contributed by atoms with Gasteiger partial charge in [0.25, 0.3) is 0 Å². The van der Waals surface area contributed by atoms with Gasteiger partial charge in [0.15, 0.2) is 5.78 Å². The van der Waals surface area contributed by atoms with Crippen LogP contribution in [0.2, 0.25) is 0 Å². The second kappa shape index (κ2) is 4.72. The zero-order chi connectivity index (χ0) is 12.3. The molecule has 0 saturated heterocycles. The first-order valence-electron chi connectivity index (χ1n) is 4.08. The van der Waals surface area contributed by atoms with Gasteiger partial charge in [-0.3, -0.25) is 14.9 Å². The molecule has 16 heavy (non-hydrogen) atoms. The summed E-state index contributed by atoms with van der Waals surface area (Å²) in [6.07, 6.45) is 0. The lowest BCUT2D eigenvalue weighted by Crippen LogP contribution is -2.05. The molecule has 0 saturated carbocycles. The average molecular weight is 284 g/mol. The van der Waals surface area contributed by atoms with E-state index in [1.54, 1.807) is 6.07 Å². The number of benzene rings is 1. The molecule has 1 rings (SSSR count). The minimum atomic E-state index is -0.740. The van der Waals surface area contributed by atoms with E-state index in [1.807, 2.05) is 0 Å². The van der Waals surface area contributed by atoms with Crippen molar-refractivity contribution in [1.82, 2.24) is 0 Å². The number of nitro benzene ring substituents is 1. The van der Waals surface area contributed by atoms with Crippen LogP contribution < -0.4 is 5.73 Å². The van der Waals surface area contributed by atoms with E-state index >= 15 is 0 Å². The molecule has 0 unspecified atom stereocenters. The number of alkyl halides is 1. The van der Waals surface area contributed by atoms with Crippen LogP contribution in [0.3, 0.4) is 0 Å². The van der Waals surface area contributed by atoms with Gasteiger partial charge in [-0.2, -0.15) is 5.26 Å². The number of nitriles is 1. The van der Waals surface area contributed by atoms with Gasteiger partial charge in [-0.1, -0.05) is 15.9 Å². The van der Waals surface area contributed by atoms with Crippen LogP contribution in [0, 0.1) is 21.4 Å². The largest absolute Gasteiger partial charge is 0.393 e. The highest BCUT2D eigenvalue weighted by atomic mass is 79.9. The van der Waals surface area contributed by atoms with Crippen molar-refractivity contribution in [3.05, 3.63) is 33.4 Å². The van der Waals surface area contributed by atoms with Gasteiger partial charge in [0.2, 0.25) is 0 Å². The first-order chi connectivity index (χ1) is 7.51. The normalized spacial score (nSPS) is 9.50. The summed E-state index contributed by atoms with van der Waals surface area (Å²) < 4.78 is 0. The molecule has 0 fully saturated rings. The van der Waals surface area contributed by atoms with Crippen LogP contribution in [0.4, 0.5) is 11.4 Å². The SMILES string of the molecule is N#Cc1cc(C(=O)CBr)cc(N)c1[N+](=O)[O-]. The summed E-state index contributed by atoms with van der Waals surface area (Å²) in [5.74, 6) is -0.293. The third kappa shape index (κ3) is 2.17. The molecule has 0 radical (unpaired) electrons. The van der Waals surface area contributed by atoms with Crippen LogP contribution >= 0.6 is 15.9 Å². The van der Waals surface area contributed by atoms with Crippen molar-refractivity contribution in [2.75, 3.05) is 11.1 Å². The van der Waals surface area contributed by atoms with Crippen LogP contribution in [0.25, 0.3) is 0 Å². The number of hydrogen-bond acceptors (Lipinski definition) is 5. The Bertz CT molecular complexity index is 507. The first kappa shape index (κ1) is 12.1. The van der Waals surface area contributed by atoms with Crippen molar-refractivity contribution in [2.24, 2.45) is 0 Å². The second-order valence-corrected chi connectivity index (χ2v) is 3.45. The quantitative estimate of drug-likeness (QED) is 0.298. The Morgan fingerprint density at radius 2 is 2.25 bits per heavy atom. The van der Waals surface area contributed by atoms with Crippen molar-refractivity contribution in [3.63, 3.8) is 0 Å². The van der Waals surface area contributed by atoms with Gasteiger partial charge >= 0.3 is 5.69 Å². The number of ketones is 1. The minimum Gasteiger partial charge on any atom is -0.393 e. The van der Waals surface area contributed by atoms with Crippen LogP contribution in [0.15, 0.2) is 12.1 Å². The first-order valence-corrected chi connectivity index (χ1v) is 5.20. The number of rotatable bonds is 3. The maximum Gasteiger partial charge on any atom is 0.309 e. The number of anilines is 1.